The topological polar surface area (TPSA) is 41.6 Å². The third-order valence-electron chi connectivity index (χ3n) is 4.31. The highest BCUT2D eigenvalue weighted by Crippen LogP contribution is 2.32. The van der Waals surface area contributed by atoms with Crippen LogP contribution in [0.1, 0.15) is 25.8 Å². The van der Waals surface area contributed by atoms with E-state index in [0.29, 0.717) is 19.6 Å². The quantitative estimate of drug-likeness (QED) is 0.877. The molecule has 4 nitrogen and oxygen atoms in total. The molecule has 1 unspecified atom stereocenters. The average Bonchev–Trinajstić information content (AvgIpc) is 2.92. The Hall–Kier alpha value is -2.49. The van der Waals surface area contributed by atoms with E-state index >= 15 is 0 Å². The van der Waals surface area contributed by atoms with Crippen LogP contribution in [-0.4, -0.2) is 25.1 Å². The molecule has 1 atom stereocenters. The number of para-hydroxylation sites is 1. The Morgan fingerprint density at radius 1 is 1.21 bits per heavy atom. The van der Waals surface area contributed by atoms with Crippen molar-refractivity contribution in [1.82, 2.24) is 0 Å². The number of hydrogen-bond donors (Lipinski definition) is 1. The summed E-state index contributed by atoms with van der Waals surface area (Å²) in [6.45, 7) is 5.36. The van der Waals surface area contributed by atoms with E-state index in [1.807, 2.05) is 54.3 Å². The molecule has 2 aromatic rings. The number of hydrogen-bond acceptors (Lipinski definition) is 3. The minimum absolute atomic E-state index is 0.172. The minimum Gasteiger partial charge on any atom is -0.494 e. The zero-order valence-corrected chi connectivity index (χ0v) is 14.3. The van der Waals surface area contributed by atoms with Gasteiger partial charge in [0.15, 0.2) is 0 Å². The molecule has 1 aliphatic heterocycles. The second-order valence-electron chi connectivity index (χ2n) is 6.08. The van der Waals surface area contributed by atoms with Crippen molar-refractivity contribution >= 4 is 17.3 Å². The van der Waals surface area contributed by atoms with Gasteiger partial charge in [-0.2, -0.15) is 0 Å². The largest absolute Gasteiger partial charge is 0.494 e. The van der Waals surface area contributed by atoms with Crippen LogP contribution in [0.4, 0.5) is 11.4 Å². The molecule has 24 heavy (non-hydrogen) atoms. The van der Waals surface area contributed by atoms with Crippen LogP contribution < -0.4 is 15.0 Å². The highest BCUT2D eigenvalue weighted by atomic mass is 16.5. The monoisotopic (exact) mass is 324 g/mol. The summed E-state index contributed by atoms with van der Waals surface area (Å²) < 4.78 is 5.43. The van der Waals surface area contributed by atoms with Crippen LogP contribution >= 0.6 is 0 Å². The summed E-state index contributed by atoms with van der Waals surface area (Å²) in [5.74, 6) is 1.03. The van der Waals surface area contributed by atoms with Crippen molar-refractivity contribution in [3.05, 3.63) is 54.1 Å². The summed E-state index contributed by atoms with van der Waals surface area (Å²) in [5, 5.41) is 3.30. The molecule has 0 fully saturated rings. The molecule has 1 N–H and O–H groups in total. The van der Waals surface area contributed by atoms with Gasteiger partial charge in [0.2, 0.25) is 5.91 Å². The predicted molar refractivity (Wildman–Crippen MR) is 97.8 cm³/mol. The lowest BCUT2D eigenvalue weighted by Crippen LogP contribution is -2.36. The SMILES string of the molecule is CCOc1ccc(NCCC(=O)N2c3ccccc3CC2C)cc1. The fraction of sp³-hybridized carbons (Fsp3) is 0.350. The molecule has 126 valence electrons. The summed E-state index contributed by atoms with van der Waals surface area (Å²) in [4.78, 5) is 14.6. The Morgan fingerprint density at radius 2 is 1.96 bits per heavy atom. The van der Waals surface area contributed by atoms with Gasteiger partial charge < -0.3 is 15.0 Å². The van der Waals surface area contributed by atoms with Gasteiger partial charge in [-0.05, 0) is 56.2 Å². The van der Waals surface area contributed by atoms with E-state index in [1.165, 1.54) is 5.56 Å². The molecule has 1 aliphatic rings. The van der Waals surface area contributed by atoms with E-state index in [0.717, 1.165) is 23.5 Å². The van der Waals surface area contributed by atoms with Crippen LogP contribution in [0.15, 0.2) is 48.5 Å². The Morgan fingerprint density at radius 3 is 2.71 bits per heavy atom. The van der Waals surface area contributed by atoms with Crippen molar-refractivity contribution in [2.24, 2.45) is 0 Å². The van der Waals surface area contributed by atoms with Crippen molar-refractivity contribution < 1.29 is 9.53 Å². The molecule has 0 aromatic heterocycles. The van der Waals surface area contributed by atoms with Crippen LogP contribution in [0, 0.1) is 0 Å². The molecule has 0 saturated carbocycles. The normalized spacial score (nSPS) is 15.9. The maximum atomic E-state index is 12.6. The second-order valence-corrected chi connectivity index (χ2v) is 6.08. The first kappa shape index (κ1) is 16.4. The maximum absolute atomic E-state index is 12.6. The van der Waals surface area contributed by atoms with E-state index < -0.39 is 0 Å². The second kappa shape index (κ2) is 7.39. The van der Waals surface area contributed by atoms with Gasteiger partial charge in [0, 0.05) is 30.4 Å². The number of benzene rings is 2. The average molecular weight is 324 g/mol. The molecule has 0 aliphatic carbocycles. The lowest BCUT2D eigenvalue weighted by Gasteiger charge is -2.23. The Bertz CT molecular complexity index is 697. The molecule has 1 amide bonds. The van der Waals surface area contributed by atoms with Crippen LogP contribution in [0.2, 0.25) is 0 Å². The minimum atomic E-state index is 0.172. The van der Waals surface area contributed by atoms with Crippen LogP contribution in [0.3, 0.4) is 0 Å². The summed E-state index contributed by atoms with van der Waals surface area (Å²) >= 11 is 0. The van der Waals surface area contributed by atoms with Gasteiger partial charge in [-0.25, -0.2) is 0 Å². The Labute approximate surface area is 143 Å². The number of rotatable bonds is 6. The fourth-order valence-electron chi connectivity index (χ4n) is 3.22. The number of ether oxygens (including phenoxy) is 1. The summed E-state index contributed by atoms with van der Waals surface area (Å²) in [6, 6.07) is 16.2. The van der Waals surface area contributed by atoms with E-state index in [4.69, 9.17) is 4.74 Å². The molecule has 0 saturated heterocycles. The third kappa shape index (κ3) is 3.53. The van der Waals surface area contributed by atoms with Crippen molar-refractivity contribution in [3.8, 4) is 5.75 Å². The van der Waals surface area contributed by atoms with Crippen molar-refractivity contribution in [3.63, 3.8) is 0 Å². The van der Waals surface area contributed by atoms with Gasteiger partial charge in [-0.3, -0.25) is 4.79 Å². The zero-order valence-electron chi connectivity index (χ0n) is 14.3. The van der Waals surface area contributed by atoms with Crippen molar-refractivity contribution in [1.29, 1.82) is 0 Å². The number of carbonyl (C=O) groups is 1. The van der Waals surface area contributed by atoms with Crippen LogP contribution in [0.25, 0.3) is 0 Å². The van der Waals surface area contributed by atoms with Crippen LogP contribution in [-0.2, 0) is 11.2 Å². The number of anilines is 2. The summed E-state index contributed by atoms with van der Waals surface area (Å²) in [5.41, 5.74) is 3.33. The third-order valence-corrected chi connectivity index (χ3v) is 4.31. The Balaban J connectivity index is 1.54. The fourth-order valence-corrected chi connectivity index (χ4v) is 3.22. The number of nitrogens with one attached hydrogen (secondary N) is 1. The number of fused-ring (bicyclic) bond motifs is 1. The molecule has 0 spiro atoms. The number of nitrogens with zero attached hydrogens (tertiary/aromatic N) is 1. The molecular weight excluding hydrogens is 300 g/mol. The van der Waals surface area contributed by atoms with Gasteiger partial charge in [0.1, 0.15) is 5.75 Å². The molecule has 2 aromatic carbocycles. The molecule has 0 radical (unpaired) electrons. The predicted octanol–water partition coefficient (Wildman–Crippen LogP) is 3.87. The molecule has 1 heterocycles. The lowest BCUT2D eigenvalue weighted by molar-refractivity contribution is -0.118. The highest BCUT2D eigenvalue weighted by Gasteiger charge is 2.29. The standard InChI is InChI=1S/C20H24N2O2/c1-3-24-18-10-8-17(9-11-18)21-13-12-20(23)22-15(2)14-16-6-4-5-7-19(16)22/h4-11,15,21H,3,12-14H2,1-2H3. The summed E-state index contributed by atoms with van der Waals surface area (Å²) in [6.07, 6.45) is 1.42. The van der Waals surface area contributed by atoms with Crippen molar-refractivity contribution in [2.75, 3.05) is 23.4 Å². The number of amides is 1. The van der Waals surface area contributed by atoms with E-state index in [1.54, 1.807) is 0 Å². The summed E-state index contributed by atoms with van der Waals surface area (Å²) in [7, 11) is 0. The van der Waals surface area contributed by atoms with Crippen molar-refractivity contribution in [2.45, 2.75) is 32.7 Å². The van der Waals surface area contributed by atoms with Gasteiger partial charge >= 0.3 is 0 Å². The van der Waals surface area contributed by atoms with Crippen LogP contribution in [0.5, 0.6) is 5.75 Å². The molecule has 0 bridgehead atoms. The van der Waals surface area contributed by atoms with E-state index in [-0.39, 0.29) is 11.9 Å². The molecule has 4 heteroatoms. The van der Waals surface area contributed by atoms with Gasteiger partial charge in [-0.1, -0.05) is 18.2 Å². The maximum Gasteiger partial charge on any atom is 0.229 e. The van der Waals surface area contributed by atoms with E-state index in [2.05, 4.69) is 18.3 Å². The number of carbonyl (C=O) groups excluding carboxylic acids is 1. The highest BCUT2D eigenvalue weighted by molar-refractivity contribution is 5.96. The molecule has 3 rings (SSSR count). The first-order chi connectivity index (χ1) is 11.7. The lowest BCUT2D eigenvalue weighted by atomic mass is 10.1. The van der Waals surface area contributed by atoms with Gasteiger partial charge in [0.05, 0.1) is 6.61 Å². The molecular formula is C20H24N2O2. The zero-order chi connectivity index (χ0) is 16.9. The first-order valence-electron chi connectivity index (χ1n) is 8.55. The van der Waals surface area contributed by atoms with Gasteiger partial charge in [0.25, 0.3) is 0 Å². The smallest absolute Gasteiger partial charge is 0.229 e. The van der Waals surface area contributed by atoms with Gasteiger partial charge in [-0.15, -0.1) is 0 Å². The van der Waals surface area contributed by atoms with E-state index in [9.17, 15) is 4.79 Å². The first-order valence-corrected chi connectivity index (χ1v) is 8.55. The Kier molecular flexibility index (Phi) is 5.04.